The zero-order valence-corrected chi connectivity index (χ0v) is 13.0. The van der Waals surface area contributed by atoms with Gasteiger partial charge in [0.05, 0.1) is 24.8 Å². The number of carbonyl (C=O) groups excluding carboxylic acids is 1. The number of nitrogens with one attached hydrogen (secondary N) is 1. The molecule has 0 aliphatic carbocycles. The Morgan fingerprint density at radius 3 is 2.52 bits per heavy atom. The lowest BCUT2D eigenvalue weighted by Gasteiger charge is -2.20. The standard InChI is InChI=1S/C14H17ClN2O3S/c15-13-10-3-1-2-4-11(10)21-12(13)9-16-14(20)17(5-7-18)6-8-19/h1-4,18-19H,5-9H2,(H,16,20). The lowest BCUT2D eigenvalue weighted by molar-refractivity contribution is 0.158. The van der Waals surface area contributed by atoms with Crippen LogP contribution in [0.2, 0.25) is 5.02 Å². The first-order chi connectivity index (χ1) is 10.2. The summed E-state index contributed by atoms with van der Waals surface area (Å²) in [5, 5.41) is 22.2. The van der Waals surface area contributed by atoms with E-state index < -0.39 is 0 Å². The van der Waals surface area contributed by atoms with Gasteiger partial charge in [-0.1, -0.05) is 29.8 Å². The average molecular weight is 329 g/mol. The highest BCUT2D eigenvalue weighted by Gasteiger charge is 2.14. The summed E-state index contributed by atoms with van der Waals surface area (Å²) in [5.41, 5.74) is 0. The summed E-state index contributed by atoms with van der Waals surface area (Å²) in [6, 6.07) is 7.48. The van der Waals surface area contributed by atoms with E-state index in [1.165, 1.54) is 4.90 Å². The molecule has 7 heteroatoms. The molecule has 1 heterocycles. The number of aliphatic hydroxyl groups excluding tert-OH is 2. The third-order valence-corrected chi connectivity index (χ3v) is 4.74. The van der Waals surface area contributed by atoms with Crippen LogP contribution in [-0.4, -0.2) is 47.4 Å². The van der Waals surface area contributed by atoms with E-state index in [4.69, 9.17) is 21.8 Å². The molecule has 0 unspecified atom stereocenters. The van der Waals surface area contributed by atoms with Crippen LogP contribution in [0.4, 0.5) is 4.79 Å². The van der Waals surface area contributed by atoms with Gasteiger partial charge in [-0.05, 0) is 6.07 Å². The van der Waals surface area contributed by atoms with Crippen molar-refractivity contribution in [3.63, 3.8) is 0 Å². The van der Waals surface area contributed by atoms with Crippen LogP contribution in [0.1, 0.15) is 4.88 Å². The molecule has 0 saturated heterocycles. The van der Waals surface area contributed by atoms with E-state index in [1.54, 1.807) is 11.3 Å². The largest absolute Gasteiger partial charge is 0.395 e. The fourth-order valence-corrected chi connectivity index (χ4v) is 3.44. The van der Waals surface area contributed by atoms with Crippen molar-refractivity contribution >= 4 is 39.1 Å². The Balaban J connectivity index is 2.03. The normalized spacial score (nSPS) is 10.8. The van der Waals surface area contributed by atoms with Gasteiger partial charge in [0.1, 0.15) is 0 Å². The molecule has 0 atom stereocenters. The summed E-state index contributed by atoms with van der Waals surface area (Å²) in [4.78, 5) is 14.2. The van der Waals surface area contributed by atoms with Gasteiger partial charge in [-0.2, -0.15) is 0 Å². The monoisotopic (exact) mass is 328 g/mol. The number of nitrogens with zero attached hydrogens (tertiary/aromatic N) is 1. The molecule has 0 saturated carbocycles. The van der Waals surface area contributed by atoms with Crippen LogP contribution in [-0.2, 0) is 6.54 Å². The third-order valence-electron chi connectivity index (χ3n) is 3.03. The number of amides is 2. The third kappa shape index (κ3) is 3.85. The van der Waals surface area contributed by atoms with E-state index in [2.05, 4.69) is 5.32 Å². The Morgan fingerprint density at radius 2 is 1.90 bits per heavy atom. The predicted molar refractivity (Wildman–Crippen MR) is 84.8 cm³/mol. The maximum absolute atomic E-state index is 12.0. The van der Waals surface area contributed by atoms with Crippen molar-refractivity contribution in [1.29, 1.82) is 0 Å². The smallest absolute Gasteiger partial charge is 0.317 e. The Bertz CT molecular complexity index is 611. The van der Waals surface area contributed by atoms with E-state index in [0.29, 0.717) is 11.6 Å². The second-order valence-electron chi connectivity index (χ2n) is 4.43. The number of rotatable bonds is 6. The second kappa shape index (κ2) is 7.61. The van der Waals surface area contributed by atoms with E-state index in [-0.39, 0.29) is 32.3 Å². The molecule has 0 aliphatic rings. The molecule has 0 bridgehead atoms. The first-order valence-corrected chi connectivity index (χ1v) is 7.77. The molecular formula is C14H17ClN2O3S. The predicted octanol–water partition coefficient (Wildman–Crippen LogP) is 2.05. The summed E-state index contributed by atoms with van der Waals surface area (Å²) in [6.07, 6.45) is 0. The van der Waals surface area contributed by atoms with Crippen LogP contribution >= 0.6 is 22.9 Å². The molecule has 21 heavy (non-hydrogen) atoms. The van der Waals surface area contributed by atoms with Gasteiger partial charge >= 0.3 is 6.03 Å². The van der Waals surface area contributed by atoms with Crippen LogP contribution in [0.15, 0.2) is 24.3 Å². The fourth-order valence-electron chi connectivity index (χ4n) is 2.00. The lowest BCUT2D eigenvalue weighted by atomic mass is 10.2. The van der Waals surface area contributed by atoms with Gasteiger partial charge in [-0.15, -0.1) is 11.3 Å². The van der Waals surface area contributed by atoms with Crippen LogP contribution in [0.3, 0.4) is 0 Å². The fraction of sp³-hybridized carbons (Fsp3) is 0.357. The van der Waals surface area contributed by atoms with Crippen molar-refractivity contribution in [1.82, 2.24) is 10.2 Å². The zero-order chi connectivity index (χ0) is 15.2. The summed E-state index contributed by atoms with van der Waals surface area (Å²) >= 11 is 7.85. The Kier molecular flexibility index (Phi) is 5.81. The number of aliphatic hydroxyl groups is 2. The first kappa shape index (κ1) is 16.0. The minimum atomic E-state index is -0.327. The van der Waals surface area contributed by atoms with Gasteiger partial charge in [0.2, 0.25) is 0 Å². The molecule has 2 rings (SSSR count). The number of thiophene rings is 1. The van der Waals surface area contributed by atoms with E-state index in [1.807, 2.05) is 24.3 Å². The van der Waals surface area contributed by atoms with Gasteiger partial charge in [0.15, 0.2) is 0 Å². The van der Waals surface area contributed by atoms with Crippen molar-refractivity contribution in [2.24, 2.45) is 0 Å². The maximum atomic E-state index is 12.0. The molecule has 0 radical (unpaired) electrons. The molecule has 1 aromatic heterocycles. The van der Waals surface area contributed by atoms with E-state index in [9.17, 15) is 4.79 Å². The van der Waals surface area contributed by atoms with Crippen LogP contribution < -0.4 is 5.32 Å². The van der Waals surface area contributed by atoms with Crippen molar-refractivity contribution in [3.8, 4) is 0 Å². The highest BCUT2D eigenvalue weighted by Crippen LogP contribution is 2.34. The van der Waals surface area contributed by atoms with Crippen LogP contribution in [0, 0.1) is 0 Å². The van der Waals surface area contributed by atoms with E-state index >= 15 is 0 Å². The molecule has 2 aromatic rings. The molecule has 2 amide bonds. The van der Waals surface area contributed by atoms with Crippen molar-refractivity contribution in [2.45, 2.75) is 6.54 Å². The minimum Gasteiger partial charge on any atom is -0.395 e. The minimum absolute atomic E-state index is 0.142. The molecule has 1 aromatic carbocycles. The highest BCUT2D eigenvalue weighted by atomic mass is 35.5. The van der Waals surface area contributed by atoms with Gasteiger partial charge in [-0.25, -0.2) is 4.79 Å². The quantitative estimate of drug-likeness (QED) is 0.760. The highest BCUT2D eigenvalue weighted by molar-refractivity contribution is 7.19. The molecule has 0 fully saturated rings. The first-order valence-electron chi connectivity index (χ1n) is 6.57. The summed E-state index contributed by atoms with van der Waals surface area (Å²) in [5.74, 6) is 0. The number of hydrogen-bond donors (Lipinski definition) is 3. The van der Waals surface area contributed by atoms with Gasteiger partial charge in [-0.3, -0.25) is 0 Å². The average Bonchev–Trinajstić information content (AvgIpc) is 2.81. The number of urea groups is 1. The van der Waals surface area contributed by atoms with Crippen molar-refractivity contribution < 1.29 is 15.0 Å². The van der Waals surface area contributed by atoms with Gasteiger partial charge < -0.3 is 20.4 Å². The summed E-state index contributed by atoms with van der Waals surface area (Å²) in [6.45, 7) is 0.414. The molecule has 0 spiro atoms. The summed E-state index contributed by atoms with van der Waals surface area (Å²) < 4.78 is 1.08. The lowest BCUT2D eigenvalue weighted by Crippen LogP contribution is -2.42. The Hall–Kier alpha value is -1.34. The molecule has 114 valence electrons. The number of carbonyl (C=O) groups is 1. The number of benzene rings is 1. The Morgan fingerprint density at radius 1 is 1.24 bits per heavy atom. The van der Waals surface area contributed by atoms with Crippen LogP contribution in [0.5, 0.6) is 0 Å². The van der Waals surface area contributed by atoms with Gasteiger partial charge in [0.25, 0.3) is 0 Å². The van der Waals surface area contributed by atoms with Crippen molar-refractivity contribution in [2.75, 3.05) is 26.3 Å². The SMILES string of the molecule is O=C(NCc1sc2ccccc2c1Cl)N(CCO)CCO. The number of fused-ring (bicyclic) bond motifs is 1. The van der Waals surface area contributed by atoms with E-state index in [0.717, 1.165) is 15.0 Å². The van der Waals surface area contributed by atoms with Crippen LogP contribution in [0.25, 0.3) is 10.1 Å². The molecule has 5 nitrogen and oxygen atoms in total. The topological polar surface area (TPSA) is 72.8 Å². The van der Waals surface area contributed by atoms with Gasteiger partial charge in [0, 0.05) is 28.1 Å². The number of halogens is 1. The Labute approximate surface area is 131 Å². The van der Waals surface area contributed by atoms with Crippen molar-refractivity contribution in [3.05, 3.63) is 34.2 Å². The molecular weight excluding hydrogens is 312 g/mol. The molecule has 0 aliphatic heterocycles. The molecule has 3 N–H and O–H groups in total. The number of hydrogen-bond acceptors (Lipinski definition) is 4. The summed E-state index contributed by atoms with van der Waals surface area (Å²) in [7, 11) is 0. The zero-order valence-electron chi connectivity index (χ0n) is 11.4. The second-order valence-corrected chi connectivity index (χ2v) is 5.94. The maximum Gasteiger partial charge on any atom is 0.317 e.